The van der Waals surface area contributed by atoms with E-state index in [0.717, 1.165) is 14.9 Å². The fourth-order valence-electron chi connectivity index (χ4n) is 1.24. The van der Waals surface area contributed by atoms with Gasteiger partial charge in [0.05, 0.1) is 4.88 Å². The van der Waals surface area contributed by atoms with Crippen molar-refractivity contribution in [1.82, 2.24) is 4.98 Å². The van der Waals surface area contributed by atoms with E-state index in [1.54, 1.807) is 18.3 Å². The normalized spacial score (nSPS) is 12.7. The summed E-state index contributed by atoms with van der Waals surface area (Å²) in [5, 5.41) is 12.4. The number of thiophene rings is 1. The number of nitrogens with zero attached hydrogens (tertiary/aromatic N) is 1. The van der Waals surface area contributed by atoms with E-state index in [9.17, 15) is 5.11 Å². The molecule has 2 aromatic rings. The second kappa shape index (κ2) is 4.61. The van der Waals surface area contributed by atoms with Gasteiger partial charge in [0.2, 0.25) is 0 Å². The molecule has 0 saturated heterocycles. The van der Waals surface area contributed by atoms with E-state index >= 15 is 0 Å². The Labute approximate surface area is 105 Å². The van der Waals surface area contributed by atoms with Crippen LogP contribution in [0.3, 0.4) is 0 Å². The standard InChI is InChI=1S/C10H7BrClNOS/c11-7-2-4-15-10(7)9(14)6-1-3-13-8(12)5-6/h1-5,9,14H. The van der Waals surface area contributed by atoms with Crippen LogP contribution in [0.25, 0.3) is 0 Å². The molecule has 2 heterocycles. The molecular formula is C10H7BrClNOS. The summed E-state index contributed by atoms with van der Waals surface area (Å²) < 4.78 is 0.910. The molecule has 2 rings (SSSR count). The van der Waals surface area contributed by atoms with Gasteiger partial charge in [0.25, 0.3) is 0 Å². The van der Waals surface area contributed by atoms with Gasteiger partial charge in [-0.2, -0.15) is 0 Å². The van der Waals surface area contributed by atoms with Crippen molar-refractivity contribution in [3.8, 4) is 0 Å². The highest BCUT2D eigenvalue weighted by molar-refractivity contribution is 9.10. The highest BCUT2D eigenvalue weighted by Gasteiger charge is 2.15. The fraction of sp³-hybridized carbons (Fsp3) is 0.100. The first kappa shape index (κ1) is 11.1. The smallest absolute Gasteiger partial charge is 0.129 e. The zero-order valence-corrected chi connectivity index (χ0v) is 10.7. The van der Waals surface area contributed by atoms with E-state index in [2.05, 4.69) is 20.9 Å². The monoisotopic (exact) mass is 303 g/mol. The van der Waals surface area contributed by atoms with E-state index in [1.165, 1.54) is 11.3 Å². The molecule has 0 amide bonds. The molecule has 0 fully saturated rings. The minimum absolute atomic E-state index is 0.388. The van der Waals surface area contributed by atoms with Gasteiger partial charge in [0.15, 0.2) is 0 Å². The Balaban J connectivity index is 2.36. The van der Waals surface area contributed by atoms with Crippen LogP contribution in [0, 0.1) is 0 Å². The lowest BCUT2D eigenvalue weighted by Crippen LogP contribution is -1.98. The van der Waals surface area contributed by atoms with E-state index in [0.29, 0.717) is 5.15 Å². The van der Waals surface area contributed by atoms with Crippen molar-refractivity contribution in [1.29, 1.82) is 0 Å². The van der Waals surface area contributed by atoms with Crippen molar-refractivity contribution >= 4 is 38.9 Å². The molecule has 0 aliphatic carbocycles. The maximum Gasteiger partial charge on any atom is 0.129 e. The number of rotatable bonds is 2. The molecule has 0 aromatic carbocycles. The van der Waals surface area contributed by atoms with Gasteiger partial charge in [-0.05, 0) is 45.1 Å². The maximum absolute atomic E-state index is 10.1. The molecule has 2 aromatic heterocycles. The summed E-state index contributed by atoms with van der Waals surface area (Å²) in [5.41, 5.74) is 0.748. The third-order valence-electron chi connectivity index (χ3n) is 1.96. The first-order valence-electron chi connectivity index (χ1n) is 4.21. The molecule has 0 saturated carbocycles. The molecule has 0 aliphatic rings. The molecule has 0 bridgehead atoms. The van der Waals surface area contributed by atoms with E-state index in [4.69, 9.17) is 11.6 Å². The molecule has 78 valence electrons. The fourth-order valence-corrected chi connectivity index (χ4v) is 3.02. The van der Waals surface area contributed by atoms with Gasteiger partial charge >= 0.3 is 0 Å². The van der Waals surface area contributed by atoms with Crippen molar-refractivity contribution < 1.29 is 5.11 Å². The molecule has 2 nitrogen and oxygen atoms in total. The zero-order valence-electron chi connectivity index (χ0n) is 7.52. The van der Waals surface area contributed by atoms with Crippen LogP contribution >= 0.6 is 38.9 Å². The molecule has 15 heavy (non-hydrogen) atoms. The summed E-state index contributed by atoms with van der Waals surface area (Å²) in [5.74, 6) is 0. The SMILES string of the molecule is OC(c1ccnc(Cl)c1)c1sccc1Br. The van der Waals surface area contributed by atoms with Crippen LogP contribution < -0.4 is 0 Å². The summed E-state index contributed by atoms with van der Waals surface area (Å²) in [4.78, 5) is 4.74. The first-order valence-corrected chi connectivity index (χ1v) is 6.26. The third kappa shape index (κ3) is 2.39. The molecule has 1 unspecified atom stereocenters. The summed E-state index contributed by atoms with van der Waals surface area (Å²) in [6.45, 7) is 0. The third-order valence-corrected chi connectivity index (χ3v) is 4.09. The number of halogens is 2. The lowest BCUT2D eigenvalue weighted by molar-refractivity contribution is 0.223. The molecule has 1 N–H and O–H groups in total. The van der Waals surface area contributed by atoms with Gasteiger partial charge in [-0.25, -0.2) is 4.98 Å². The second-order valence-corrected chi connectivity index (χ2v) is 5.14. The Morgan fingerprint density at radius 2 is 2.27 bits per heavy atom. The van der Waals surface area contributed by atoms with Crippen LogP contribution in [0.5, 0.6) is 0 Å². The van der Waals surface area contributed by atoms with Crippen LogP contribution in [0.15, 0.2) is 34.2 Å². The number of pyridine rings is 1. The molecule has 0 spiro atoms. The minimum atomic E-state index is -0.653. The van der Waals surface area contributed by atoms with Crippen LogP contribution in [-0.2, 0) is 0 Å². The van der Waals surface area contributed by atoms with Crippen LogP contribution in [0.2, 0.25) is 5.15 Å². The Hall–Kier alpha value is -0.420. The molecule has 0 radical (unpaired) electrons. The van der Waals surface area contributed by atoms with Crippen molar-refractivity contribution in [2.75, 3.05) is 0 Å². The minimum Gasteiger partial charge on any atom is -0.383 e. The summed E-state index contributed by atoms with van der Waals surface area (Å²) >= 11 is 10.6. The van der Waals surface area contributed by atoms with E-state index in [1.807, 2.05) is 11.4 Å². The average molecular weight is 305 g/mol. The van der Waals surface area contributed by atoms with Gasteiger partial charge < -0.3 is 5.11 Å². The first-order chi connectivity index (χ1) is 7.18. The lowest BCUT2D eigenvalue weighted by Gasteiger charge is -2.09. The summed E-state index contributed by atoms with van der Waals surface area (Å²) in [7, 11) is 0. The number of aliphatic hydroxyl groups excluding tert-OH is 1. The van der Waals surface area contributed by atoms with Gasteiger partial charge in [-0.15, -0.1) is 11.3 Å². The predicted molar refractivity (Wildman–Crippen MR) is 65.3 cm³/mol. The lowest BCUT2D eigenvalue weighted by atomic mass is 10.1. The Kier molecular flexibility index (Phi) is 3.41. The number of hydrogen-bond donors (Lipinski definition) is 1. The largest absolute Gasteiger partial charge is 0.383 e. The van der Waals surface area contributed by atoms with Gasteiger partial charge in [0.1, 0.15) is 11.3 Å². The maximum atomic E-state index is 10.1. The van der Waals surface area contributed by atoms with Crippen LogP contribution in [-0.4, -0.2) is 10.1 Å². The highest BCUT2D eigenvalue weighted by Crippen LogP contribution is 2.33. The summed E-state index contributed by atoms with van der Waals surface area (Å²) in [6.07, 6.45) is 0.933. The van der Waals surface area contributed by atoms with Gasteiger partial charge in [-0.3, -0.25) is 0 Å². The van der Waals surface area contributed by atoms with Gasteiger partial charge in [0, 0.05) is 10.7 Å². The van der Waals surface area contributed by atoms with Crippen molar-refractivity contribution in [2.24, 2.45) is 0 Å². The predicted octanol–water partition coefficient (Wildman–Crippen LogP) is 3.64. The van der Waals surface area contributed by atoms with Crippen molar-refractivity contribution in [3.63, 3.8) is 0 Å². The van der Waals surface area contributed by atoms with E-state index < -0.39 is 6.10 Å². The highest BCUT2D eigenvalue weighted by atomic mass is 79.9. The Morgan fingerprint density at radius 3 is 2.87 bits per heavy atom. The quantitative estimate of drug-likeness (QED) is 0.859. The van der Waals surface area contributed by atoms with Crippen LogP contribution in [0.4, 0.5) is 0 Å². The molecule has 0 aliphatic heterocycles. The summed E-state index contributed by atoms with van der Waals surface area (Å²) in [6, 6.07) is 5.33. The Bertz CT molecular complexity index is 474. The number of aromatic nitrogens is 1. The number of aliphatic hydroxyl groups is 1. The molecular weight excluding hydrogens is 298 g/mol. The van der Waals surface area contributed by atoms with Gasteiger partial charge in [-0.1, -0.05) is 11.6 Å². The van der Waals surface area contributed by atoms with Crippen LogP contribution in [0.1, 0.15) is 16.5 Å². The molecule has 1 atom stereocenters. The average Bonchev–Trinajstić information content (AvgIpc) is 2.63. The number of hydrogen-bond acceptors (Lipinski definition) is 3. The van der Waals surface area contributed by atoms with Crippen molar-refractivity contribution in [2.45, 2.75) is 6.10 Å². The van der Waals surface area contributed by atoms with Crippen molar-refractivity contribution in [3.05, 3.63) is 49.8 Å². The van der Waals surface area contributed by atoms with E-state index in [-0.39, 0.29) is 0 Å². The molecule has 5 heteroatoms. The zero-order chi connectivity index (χ0) is 10.8. The topological polar surface area (TPSA) is 33.1 Å². The second-order valence-electron chi connectivity index (χ2n) is 2.95. The Morgan fingerprint density at radius 1 is 1.47 bits per heavy atom.